The molecule has 0 atom stereocenters. The number of hydrogen-bond donors (Lipinski definition) is 1. The molecule has 0 amide bonds. The zero-order valence-corrected chi connectivity index (χ0v) is 15.2. The molecule has 0 unspecified atom stereocenters. The average molecular weight is 322 g/mol. The van der Waals surface area contributed by atoms with Gasteiger partial charge in [-0.15, -0.1) is 0 Å². The van der Waals surface area contributed by atoms with Crippen molar-refractivity contribution in [3.63, 3.8) is 0 Å². The van der Waals surface area contributed by atoms with Gasteiger partial charge in [0.15, 0.2) is 0 Å². The fourth-order valence-corrected chi connectivity index (χ4v) is 2.33. The maximum absolute atomic E-state index is 11.9. The lowest BCUT2D eigenvalue weighted by atomic mass is 9.88. The first-order chi connectivity index (χ1) is 10.6. The van der Waals surface area contributed by atoms with Gasteiger partial charge in [0.1, 0.15) is 5.60 Å². The highest BCUT2D eigenvalue weighted by Gasteiger charge is 2.30. The summed E-state index contributed by atoms with van der Waals surface area (Å²) in [6.07, 6.45) is 4.15. The van der Waals surface area contributed by atoms with Crippen molar-refractivity contribution in [2.24, 2.45) is 0 Å². The highest BCUT2D eigenvalue weighted by Crippen LogP contribution is 2.34. The van der Waals surface area contributed by atoms with Crippen molar-refractivity contribution in [1.82, 2.24) is 4.57 Å². The molecule has 0 fully saturated rings. The van der Waals surface area contributed by atoms with E-state index in [9.17, 15) is 9.59 Å². The third-order valence-electron chi connectivity index (χ3n) is 3.73. The Balaban J connectivity index is 0.000000322. The molecule has 1 aromatic rings. The van der Waals surface area contributed by atoms with Gasteiger partial charge < -0.3 is 14.6 Å². The fraction of sp³-hybridized carbons (Fsp3) is 0.667. The monoisotopic (exact) mass is 322 g/mol. The molecule has 1 N–H and O–H groups in total. The van der Waals surface area contributed by atoms with Crippen molar-refractivity contribution in [1.29, 1.82) is 0 Å². The molecule has 1 aliphatic heterocycles. The minimum absolute atomic E-state index is 0.0817. The van der Waals surface area contributed by atoms with Gasteiger partial charge in [-0.2, -0.15) is 0 Å². The van der Waals surface area contributed by atoms with Gasteiger partial charge in [0.05, 0.1) is 5.69 Å². The summed E-state index contributed by atoms with van der Waals surface area (Å²) in [5.74, 6) is 0. The fourth-order valence-electron chi connectivity index (χ4n) is 2.33. The smallest absolute Gasteiger partial charge is 0.293 e. The third-order valence-corrected chi connectivity index (χ3v) is 3.73. The molecule has 1 aliphatic rings. The highest BCUT2D eigenvalue weighted by molar-refractivity contribution is 5.58. The number of rotatable bonds is 4. The number of aromatic nitrogens is 1. The molecule has 23 heavy (non-hydrogen) atoms. The number of aryl methyl sites for hydroxylation is 1. The molecule has 0 aromatic carbocycles. The number of carbonyl (C=O) groups is 1. The Kier molecular flexibility index (Phi) is 6.42. The van der Waals surface area contributed by atoms with Crippen LogP contribution >= 0.6 is 0 Å². The van der Waals surface area contributed by atoms with Crippen LogP contribution in [-0.2, 0) is 21.5 Å². The molecule has 5 heteroatoms. The van der Waals surface area contributed by atoms with Gasteiger partial charge in [-0.1, -0.05) is 27.2 Å². The molecule has 0 spiro atoms. The number of pyridine rings is 1. The zero-order chi connectivity index (χ0) is 17.7. The number of unbranched alkanes of at least 4 members (excludes halogenated alkanes) is 1. The molecule has 2 rings (SSSR count). The Morgan fingerprint density at radius 3 is 2.52 bits per heavy atom. The molecular formula is C18H30N2O3. The minimum Gasteiger partial charge on any atom is -0.462 e. The lowest BCUT2D eigenvalue weighted by Crippen LogP contribution is -2.23. The van der Waals surface area contributed by atoms with Crippen LogP contribution in [-0.4, -0.2) is 23.2 Å². The molecule has 0 aliphatic carbocycles. The normalized spacial score (nSPS) is 15.0. The number of nitrogens with zero attached hydrogens (tertiary/aromatic N) is 1. The zero-order valence-electron chi connectivity index (χ0n) is 15.2. The summed E-state index contributed by atoms with van der Waals surface area (Å²) in [4.78, 5) is 21.5. The van der Waals surface area contributed by atoms with E-state index in [0.717, 1.165) is 37.2 Å². The van der Waals surface area contributed by atoms with Crippen LogP contribution < -0.4 is 10.9 Å². The predicted octanol–water partition coefficient (Wildman–Crippen LogP) is 3.31. The second kappa shape index (κ2) is 7.66. The number of nitrogens with one attached hydrogen (secondary N) is 1. The van der Waals surface area contributed by atoms with Gasteiger partial charge in [-0.05, 0) is 32.8 Å². The van der Waals surface area contributed by atoms with Gasteiger partial charge in [0.25, 0.3) is 12.0 Å². The SMILES string of the molecule is CC(C)(C)OC=O.CCCCn1cc2c(cc1=O)C(C)(C)CN2. The van der Waals surface area contributed by atoms with Crippen molar-refractivity contribution in [3.8, 4) is 0 Å². The van der Waals surface area contributed by atoms with E-state index in [1.165, 1.54) is 0 Å². The minimum atomic E-state index is -0.318. The third kappa shape index (κ3) is 5.73. The van der Waals surface area contributed by atoms with Crippen molar-refractivity contribution >= 4 is 12.2 Å². The van der Waals surface area contributed by atoms with Gasteiger partial charge in [0, 0.05) is 30.8 Å². The predicted molar refractivity (Wildman–Crippen MR) is 94.0 cm³/mol. The Morgan fingerprint density at radius 2 is 2.04 bits per heavy atom. The Morgan fingerprint density at radius 1 is 1.39 bits per heavy atom. The second-order valence-electron chi connectivity index (χ2n) is 7.55. The molecule has 5 nitrogen and oxygen atoms in total. The number of anilines is 1. The van der Waals surface area contributed by atoms with Crippen LogP contribution in [0.5, 0.6) is 0 Å². The van der Waals surface area contributed by atoms with Gasteiger partial charge in [-0.25, -0.2) is 0 Å². The Labute approximate surface area is 139 Å². The van der Waals surface area contributed by atoms with Crippen LogP contribution in [0.15, 0.2) is 17.1 Å². The topological polar surface area (TPSA) is 60.3 Å². The van der Waals surface area contributed by atoms with Crippen molar-refractivity contribution in [2.45, 2.75) is 71.9 Å². The first-order valence-corrected chi connectivity index (χ1v) is 8.21. The molecule has 2 heterocycles. The van der Waals surface area contributed by atoms with E-state index in [4.69, 9.17) is 0 Å². The molecule has 0 radical (unpaired) electrons. The Hall–Kier alpha value is -1.78. The molecule has 0 saturated carbocycles. The van der Waals surface area contributed by atoms with Crippen LogP contribution in [0.4, 0.5) is 5.69 Å². The molecule has 130 valence electrons. The van der Waals surface area contributed by atoms with Crippen LogP contribution in [0.2, 0.25) is 0 Å². The van der Waals surface area contributed by atoms with E-state index in [1.807, 2.05) is 31.5 Å². The maximum atomic E-state index is 11.9. The molecule has 0 bridgehead atoms. The van der Waals surface area contributed by atoms with E-state index in [2.05, 4.69) is 30.8 Å². The van der Waals surface area contributed by atoms with Crippen LogP contribution in [0.3, 0.4) is 0 Å². The lowest BCUT2D eigenvalue weighted by Gasteiger charge is -2.17. The standard InChI is InChI=1S/C13H20N2O.C5H10O2/c1-4-5-6-15-8-11-10(7-12(15)16)13(2,3)9-14-11;1-5(2,3)7-4-6/h7-8,14H,4-6,9H2,1-3H3;4H,1-3H3. The average Bonchev–Trinajstić information content (AvgIpc) is 2.71. The largest absolute Gasteiger partial charge is 0.462 e. The lowest BCUT2D eigenvalue weighted by molar-refractivity contribution is -0.138. The number of hydrogen-bond acceptors (Lipinski definition) is 4. The van der Waals surface area contributed by atoms with E-state index in [1.54, 1.807) is 6.07 Å². The molecule has 1 aromatic heterocycles. The van der Waals surface area contributed by atoms with Crippen LogP contribution in [0.25, 0.3) is 0 Å². The second-order valence-corrected chi connectivity index (χ2v) is 7.55. The summed E-state index contributed by atoms with van der Waals surface area (Å²) >= 11 is 0. The van der Waals surface area contributed by atoms with E-state index < -0.39 is 0 Å². The van der Waals surface area contributed by atoms with E-state index in [0.29, 0.717) is 6.47 Å². The van der Waals surface area contributed by atoms with Gasteiger partial charge in [-0.3, -0.25) is 9.59 Å². The van der Waals surface area contributed by atoms with Crippen LogP contribution in [0.1, 0.15) is 59.9 Å². The maximum Gasteiger partial charge on any atom is 0.293 e. The molecule has 0 saturated heterocycles. The van der Waals surface area contributed by atoms with Crippen molar-refractivity contribution < 1.29 is 9.53 Å². The van der Waals surface area contributed by atoms with E-state index in [-0.39, 0.29) is 16.6 Å². The van der Waals surface area contributed by atoms with Gasteiger partial charge in [0.2, 0.25) is 0 Å². The summed E-state index contributed by atoms with van der Waals surface area (Å²) in [6, 6.07) is 1.80. The molecular weight excluding hydrogens is 292 g/mol. The number of ether oxygens (including phenoxy) is 1. The summed E-state index contributed by atoms with van der Waals surface area (Å²) in [7, 11) is 0. The van der Waals surface area contributed by atoms with Crippen LogP contribution in [0, 0.1) is 0 Å². The summed E-state index contributed by atoms with van der Waals surface area (Å²) in [6.45, 7) is 14.1. The van der Waals surface area contributed by atoms with E-state index >= 15 is 0 Å². The summed E-state index contributed by atoms with van der Waals surface area (Å²) in [5, 5.41) is 3.37. The number of fused-ring (bicyclic) bond motifs is 1. The first kappa shape index (κ1) is 19.3. The quantitative estimate of drug-likeness (QED) is 0.864. The first-order valence-electron chi connectivity index (χ1n) is 8.21. The Bertz CT molecular complexity index is 583. The summed E-state index contributed by atoms with van der Waals surface area (Å²) in [5.41, 5.74) is 2.18. The highest BCUT2D eigenvalue weighted by atomic mass is 16.5. The number of carbonyl (C=O) groups excluding carboxylic acids is 1. The van der Waals surface area contributed by atoms with Crippen molar-refractivity contribution in [3.05, 3.63) is 28.2 Å². The summed E-state index contributed by atoms with van der Waals surface area (Å²) < 4.78 is 6.36. The van der Waals surface area contributed by atoms with Crippen molar-refractivity contribution in [2.75, 3.05) is 11.9 Å². The van der Waals surface area contributed by atoms with Gasteiger partial charge >= 0.3 is 0 Å².